The number of nitrogens with two attached hydrogens (primary N) is 1. The van der Waals surface area contributed by atoms with E-state index in [0.29, 0.717) is 5.82 Å². The predicted molar refractivity (Wildman–Crippen MR) is 73.4 cm³/mol. The molecule has 1 aromatic heterocycles. The number of hydrogen-bond donors (Lipinski definition) is 1. The van der Waals surface area contributed by atoms with Gasteiger partial charge in [-0.2, -0.15) is 5.10 Å². The van der Waals surface area contributed by atoms with Crippen molar-refractivity contribution in [2.45, 2.75) is 0 Å². The van der Waals surface area contributed by atoms with E-state index >= 15 is 0 Å². The standard InChI is InChI=1S/C15H13N3/c16-15-10-11-17-18(15)14-8-6-13(7-9-14)12-4-2-1-3-5-12/h1-11H,16H2. The molecule has 2 N–H and O–H groups in total. The van der Waals surface area contributed by atoms with Crippen LogP contribution in [0.4, 0.5) is 5.82 Å². The molecule has 18 heavy (non-hydrogen) atoms. The Morgan fingerprint density at radius 1 is 0.778 bits per heavy atom. The predicted octanol–water partition coefficient (Wildman–Crippen LogP) is 3.12. The van der Waals surface area contributed by atoms with Gasteiger partial charge in [-0.3, -0.25) is 0 Å². The van der Waals surface area contributed by atoms with Crippen molar-refractivity contribution in [1.29, 1.82) is 0 Å². The Morgan fingerprint density at radius 3 is 2.06 bits per heavy atom. The van der Waals surface area contributed by atoms with E-state index in [-0.39, 0.29) is 0 Å². The van der Waals surface area contributed by atoms with E-state index < -0.39 is 0 Å². The molecule has 0 radical (unpaired) electrons. The Balaban J connectivity index is 1.97. The molecule has 88 valence electrons. The fourth-order valence-electron chi connectivity index (χ4n) is 1.96. The lowest BCUT2D eigenvalue weighted by molar-refractivity contribution is 0.891. The van der Waals surface area contributed by atoms with Crippen LogP contribution in [0.1, 0.15) is 0 Å². The van der Waals surface area contributed by atoms with Gasteiger partial charge in [0.25, 0.3) is 0 Å². The van der Waals surface area contributed by atoms with Crippen LogP contribution in [0, 0.1) is 0 Å². The molecule has 0 fully saturated rings. The van der Waals surface area contributed by atoms with Crippen molar-refractivity contribution in [1.82, 2.24) is 9.78 Å². The van der Waals surface area contributed by atoms with Gasteiger partial charge in [0.1, 0.15) is 5.82 Å². The molecule has 0 aliphatic rings. The summed E-state index contributed by atoms with van der Waals surface area (Å²) >= 11 is 0. The van der Waals surface area contributed by atoms with Gasteiger partial charge in [0, 0.05) is 6.07 Å². The quantitative estimate of drug-likeness (QED) is 0.741. The lowest BCUT2D eigenvalue weighted by atomic mass is 10.1. The van der Waals surface area contributed by atoms with Crippen molar-refractivity contribution in [2.75, 3.05) is 5.73 Å². The van der Waals surface area contributed by atoms with Crippen LogP contribution in [0.15, 0.2) is 66.9 Å². The number of rotatable bonds is 2. The van der Waals surface area contributed by atoms with E-state index in [9.17, 15) is 0 Å². The minimum Gasteiger partial charge on any atom is -0.384 e. The third-order valence-electron chi connectivity index (χ3n) is 2.89. The largest absolute Gasteiger partial charge is 0.384 e. The van der Waals surface area contributed by atoms with E-state index in [1.165, 1.54) is 11.1 Å². The molecule has 0 unspecified atom stereocenters. The van der Waals surface area contributed by atoms with Gasteiger partial charge in [-0.25, -0.2) is 4.68 Å². The van der Waals surface area contributed by atoms with Crippen LogP contribution in [0.25, 0.3) is 16.8 Å². The van der Waals surface area contributed by atoms with Crippen molar-refractivity contribution in [3.05, 3.63) is 66.9 Å². The zero-order valence-corrected chi connectivity index (χ0v) is 9.82. The maximum Gasteiger partial charge on any atom is 0.127 e. The summed E-state index contributed by atoms with van der Waals surface area (Å²) in [6.45, 7) is 0. The second-order valence-electron chi connectivity index (χ2n) is 4.08. The first kappa shape index (κ1) is 10.6. The molecule has 2 aromatic carbocycles. The van der Waals surface area contributed by atoms with Crippen LogP contribution in [0.3, 0.4) is 0 Å². The van der Waals surface area contributed by atoms with Gasteiger partial charge in [-0.1, -0.05) is 42.5 Å². The summed E-state index contributed by atoms with van der Waals surface area (Å²) in [5.74, 6) is 0.641. The Labute approximate surface area is 105 Å². The first-order valence-electron chi connectivity index (χ1n) is 5.80. The molecule has 0 aliphatic heterocycles. The smallest absolute Gasteiger partial charge is 0.127 e. The van der Waals surface area contributed by atoms with Gasteiger partial charge in [0.15, 0.2) is 0 Å². The van der Waals surface area contributed by atoms with Crippen LogP contribution in [0.5, 0.6) is 0 Å². The second kappa shape index (κ2) is 4.37. The van der Waals surface area contributed by atoms with Gasteiger partial charge in [0.2, 0.25) is 0 Å². The van der Waals surface area contributed by atoms with Crippen molar-refractivity contribution in [3.63, 3.8) is 0 Å². The van der Waals surface area contributed by atoms with Crippen molar-refractivity contribution >= 4 is 5.82 Å². The van der Waals surface area contributed by atoms with E-state index in [0.717, 1.165) is 5.69 Å². The Hall–Kier alpha value is -2.55. The minimum atomic E-state index is 0.641. The van der Waals surface area contributed by atoms with Crippen LogP contribution >= 0.6 is 0 Å². The zero-order valence-electron chi connectivity index (χ0n) is 9.82. The van der Waals surface area contributed by atoms with Gasteiger partial charge in [0.05, 0.1) is 11.9 Å². The molecule has 1 heterocycles. The molecule has 3 aromatic rings. The molecule has 0 aliphatic carbocycles. The van der Waals surface area contributed by atoms with Gasteiger partial charge in [-0.05, 0) is 23.3 Å². The van der Waals surface area contributed by atoms with Gasteiger partial charge in [-0.15, -0.1) is 0 Å². The molecule has 0 amide bonds. The minimum absolute atomic E-state index is 0.641. The maximum absolute atomic E-state index is 5.82. The van der Waals surface area contributed by atoms with E-state index in [1.54, 1.807) is 16.9 Å². The van der Waals surface area contributed by atoms with E-state index in [4.69, 9.17) is 5.73 Å². The molecule has 0 spiro atoms. The van der Waals surface area contributed by atoms with Crippen molar-refractivity contribution in [2.24, 2.45) is 0 Å². The fraction of sp³-hybridized carbons (Fsp3) is 0. The first-order valence-corrected chi connectivity index (χ1v) is 5.80. The first-order chi connectivity index (χ1) is 8.84. The number of nitrogen functional groups attached to an aromatic ring is 1. The molecular formula is C15H13N3. The molecule has 0 atom stereocenters. The van der Waals surface area contributed by atoms with E-state index in [1.807, 2.05) is 30.3 Å². The van der Waals surface area contributed by atoms with Gasteiger partial charge < -0.3 is 5.73 Å². The lowest BCUT2D eigenvalue weighted by Crippen LogP contribution is -2.00. The monoisotopic (exact) mass is 235 g/mol. The lowest BCUT2D eigenvalue weighted by Gasteiger charge is -2.06. The van der Waals surface area contributed by atoms with Crippen LogP contribution < -0.4 is 5.73 Å². The fourth-order valence-corrected chi connectivity index (χ4v) is 1.96. The highest BCUT2D eigenvalue weighted by atomic mass is 15.3. The molecular weight excluding hydrogens is 222 g/mol. The summed E-state index contributed by atoms with van der Waals surface area (Å²) in [7, 11) is 0. The molecule has 3 heteroatoms. The topological polar surface area (TPSA) is 43.8 Å². The molecule has 3 rings (SSSR count). The van der Waals surface area contributed by atoms with Crippen LogP contribution in [0.2, 0.25) is 0 Å². The molecule has 0 saturated carbocycles. The van der Waals surface area contributed by atoms with Crippen LogP contribution in [-0.2, 0) is 0 Å². The summed E-state index contributed by atoms with van der Waals surface area (Å²) in [6, 6.07) is 20.3. The normalized spacial score (nSPS) is 10.4. The van der Waals surface area contributed by atoms with Crippen LogP contribution in [-0.4, -0.2) is 9.78 Å². The Kier molecular flexibility index (Phi) is 2.57. The summed E-state index contributed by atoms with van der Waals surface area (Å²) < 4.78 is 1.72. The highest BCUT2D eigenvalue weighted by Gasteiger charge is 2.02. The summed E-state index contributed by atoms with van der Waals surface area (Å²) in [5, 5.41) is 4.18. The summed E-state index contributed by atoms with van der Waals surface area (Å²) in [4.78, 5) is 0. The second-order valence-corrected chi connectivity index (χ2v) is 4.08. The number of aromatic nitrogens is 2. The third-order valence-corrected chi connectivity index (χ3v) is 2.89. The highest BCUT2D eigenvalue weighted by molar-refractivity contribution is 5.64. The van der Waals surface area contributed by atoms with E-state index in [2.05, 4.69) is 29.4 Å². The highest BCUT2D eigenvalue weighted by Crippen LogP contribution is 2.21. The number of benzene rings is 2. The Bertz CT molecular complexity index is 639. The molecule has 0 saturated heterocycles. The average Bonchev–Trinajstić information content (AvgIpc) is 2.86. The number of hydrogen-bond acceptors (Lipinski definition) is 2. The third kappa shape index (κ3) is 1.86. The molecule has 0 bridgehead atoms. The zero-order chi connectivity index (χ0) is 12.4. The average molecular weight is 235 g/mol. The van der Waals surface area contributed by atoms with Gasteiger partial charge >= 0.3 is 0 Å². The van der Waals surface area contributed by atoms with Crippen molar-refractivity contribution < 1.29 is 0 Å². The summed E-state index contributed by atoms with van der Waals surface area (Å²) in [5.41, 5.74) is 9.18. The number of nitrogens with zero attached hydrogens (tertiary/aromatic N) is 2. The van der Waals surface area contributed by atoms with Crippen molar-refractivity contribution in [3.8, 4) is 16.8 Å². The Morgan fingerprint density at radius 2 is 1.44 bits per heavy atom. The number of anilines is 1. The SMILES string of the molecule is Nc1ccnn1-c1ccc(-c2ccccc2)cc1. The molecule has 3 nitrogen and oxygen atoms in total. The maximum atomic E-state index is 5.82. The summed E-state index contributed by atoms with van der Waals surface area (Å²) in [6.07, 6.45) is 1.69.